The highest BCUT2D eigenvalue weighted by Gasteiger charge is 2.43. The lowest BCUT2D eigenvalue weighted by atomic mass is 10.2. The zero-order valence-corrected chi connectivity index (χ0v) is 10.6. The van der Waals surface area contributed by atoms with Crippen LogP contribution >= 0.6 is 0 Å². The molecule has 1 saturated heterocycles. The Hall–Kier alpha value is -1.44. The van der Waals surface area contributed by atoms with Crippen molar-refractivity contribution < 1.29 is 22.1 Å². The fourth-order valence-electron chi connectivity index (χ4n) is 1.73. The largest absolute Gasteiger partial charge is 0.468 e. The van der Waals surface area contributed by atoms with E-state index < -0.39 is 22.3 Å². The number of benzene rings is 1. The van der Waals surface area contributed by atoms with Gasteiger partial charge in [0.05, 0.1) is 13.7 Å². The maximum atomic E-state index is 11.7. The second kappa shape index (κ2) is 5.05. The summed E-state index contributed by atoms with van der Waals surface area (Å²) in [6.07, 6.45) is 0. The molecule has 6 nitrogen and oxygen atoms in total. The summed E-state index contributed by atoms with van der Waals surface area (Å²) < 4.78 is 33.6. The van der Waals surface area contributed by atoms with Crippen LogP contribution in [0.4, 0.5) is 0 Å². The van der Waals surface area contributed by atoms with Crippen LogP contribution in [0.2, 0.25) is 0 Å². The van der Waals surface area contributed by atoms with Crippen molar-refractivity contribution in [3.63, 3.8) is 0 Å². The minimum Gasteiger partial charge on any atom is -0.468 e. The van der Waals surface area contributed by atoms with E-state index in [2.05, 4.69) is 8.92 Å². The minimum absolute atomic E-state index is 0.0862. The van der Waals surface area contributed by atoms with E-state index in [0.717, 1.165) is 9.87 Å². The molecule has 98 valence electrons. The molecule has 0 saturated carbocycles. The van der Waals surface area contributed by atoms with Crippen molar-refractivity contribution in [3.8, 4) is 0 Å². The van der Waals surface area contributed by atoms with E-state index in [9.17, 15) is 13.2 Å². The Kier molecular flexibility index (Phi) is 3.65. The Morgan fingerprint density at radius 3 is 2.72 bits per heavy atom. The Labute approximate surface area is 105 Å². The first kappa shape index (κ1) is 13.0. The molecule has 1 heterocycles. The van der Waals surface area contributed by atoms with Gasteiger partial charge in [-0.05, 0) is 5.56 Å². The molecule has 0 N–H and O–H groups in total. The number of methoxy groups -OCH3 is 1. The molecular weight excluding hydrogens is 258 g/mol. The molecule has 0 aromatic heterocycles. The normalized spacial score (nSPS) is 22.8. The van der Waals surface area contributed by atoms with Crippen LogP contribution in [0.1, 0.15) is 5.56 Å². The lowest BCUT2D eigenvalue weighted by molar-refractivity contribution is -0.145. The number of carbonyl (C=O) groups excluding carboxylic acids is 1. The molecule has 1 atom stereocenters. The molecule has 1 aromatic rings. The zero-order valence-electron chi connectivity index (χ0n) is 9.78. The molecular formula is C11H13NO5S. The SMILES string of the molecule is COC(=O)[C@H]1COS(=O)(=O)N1Cc1ccccc1. The number of ether oxygens (including phenoxy) is 1. The molecule has 1 aliphatic heterocycles. The van der Waals surface area contributed by atoms with Gasteiger partial charge in [-0.1, -0.05) is 30.3 Å². The Morgan fingerprint density at radius 1 is 1.44 bits per heavy atom. The van der Waals surface area contributed by atoms with Crippen LogP contribution in [0.15, 0.2) is 30.3 Å². The molecule has 1 aromatic carbocycles. The second-order valence-electron chi connectivity index (χ2n) is 3.81. The molecule has 0 spiro atoms. The summed E-state index contributed by atoms with van der Waals surface area (Å²) in [7, 11) is -2.64. The number of carbonyl (C=O) groups is 1. The number of hydrogen-bond acceptors (Lipinski definition) is 5. The lowest BCUT2D eigenvalue weighted by Gasteiger charge is -2.18. The molecule has 1 aliphatic rings. The van der Waals surface area contributed by atoms with Gasteiger partial charge in [-0.15, -0.1) is 0 Å². The summed E-state index contributed by atoms with van der Waals surface area (Å²) in [6.45, 7) is -0.120. The summed E-state index contributed by atoms with van der Waals surface area (Å²) in [6, 6.07) is 8.07. The average molecular weight is 271 g/mol. The Morgan fingerprint density at radius 2 is 2.11 bits per heavy atom. The predicted octanol–water partition coefficient (Wildman–Crippen LogP) is 0.305. The maximum Gasteiger partial charge on any atom is 0.339 e. The Bertz CT molecular complexity index is 528. The molecule has 2 rings (SSSR count). The molecule has 0 aliphatic carbocycles. The lowest BCUT2D eigenvalue weighted by Crippen LogP contribution is -2.39. The van der Waals surface area contributed by atoms with Gasteiger partial charge >= 0.3 is 16.3 Å². The highest BCUT2D eigenvalue weighted by Crippen LogP contribution is 2.22. The summed E-state index contributed by atoms with van der Waals surface area (Å²) >= 11 is 0. The van der Waals surface area contributed by atoms with E-state index in [0.29, 0.717) is 0 Å². The highest BCUT2D eigenvalue weighted by molar-refractivity contribution is 7.84. The average Bonchev–Trinajstić information content (AvgIpc) is 2.66. The monoisotopic (exact) mass is 271 g/mol. The molecule has 0 radical (unpaired) electrons. The Balaban J connectivity index is 2.24. The molecule has 7 heteroatoms. The maximum absolute atomic E-state index is 11.7. The van der Waals surface area contributed by atoms with Crippen molar-refractivity contribution in [3.05, 3.63) is 35.9 Å². The van der Waals surface area contributed by atoms with E-state index in [4.69, 9.17) is 0 Å². The van der Waals surface area contributed by atoms with Gasteiger partial charge in [-0.3, -0.25) is 8.98 Å². The van der Waals surface area contributed by atoms with Crippen LogP contribution < -0.4 is 0 Å². The first-order chi connectivity index (χ1) is 8.54. The van der Waals surface area contributed by atoms with Crippen LogP contribution in [0.25, 0.3) is 0 Å². The van der Waals surface area contributed by atoms with Gasteiger partial charge in [0, 0.05) is 6.54 Å². The quantitative estimate of drug-likeness (QED) is 0.740. The van der Waals surface area contributed by atoms with Crippen LogP contribution in [-0.2, 0) is 30.6 Å². The van der Waals surface area contributed by atoms with Gasteiger partial charge in [0.1, 0.15) is 6.04 Å². The smallest absolute Gasteiger partial charge is 0.339 e. The van der Waals surface area contributed by atoms with E-state index in [1.807, 2.05) is 6.07 Å². The van der Waals surface area contributed by atoms with Crippen molar-refractivity contribution in [2.45, 2.75) is 12.6 Å². The van der Waals surface area contributed by atoms with Crippen molar-refractivity contribution in [2.75, 3.05) is 13.7 Å². The van der Waals surface area contributed by atoms with Crippen LogP contribution in [0, 0.1) is 0 Å². The minimum atomic E-state index is -3.86. The third kappa shape index (κ3) is 2.53. The highest BCUT2D eigenvalue weighted by atomic mass is 32.2. The number of rotatable bonds is 3. The van der Waals surface area contributed by atoms with Crippen molar-refractivity contribution in [1.82, 2.24) is 4.31 Å². The van der Waals surface area contributed by atoms with Gasteiger partial charge in [-0.2, -0.15) is 12.7 Å². The third-order valence-corrected chi connectivity index (χ3v) is 4.06. The third-order valence-electron chi connectivity index (χ3n) is 2.66. The van der Waals surface area contributed by atoms with E-state index in [1.54, 1.807) is 24.3 Å². The molecule has 0 unspecified atom stereocenters. The number of nitrogens with zero attached hydrogens (tertiary/aromatic N) is 1. The fourth-order valence-corrected chi connectivity index (χ4v) is 2.93. The number of hydrogen-bond donors (Lipinski definition) is 0. The van der Waals surface area contributed by atoms with E-state index >= 15 is 0 Å². The van der Waals surface area contributed by atoms with Crippen LogP contribution in [-0.4, -0.2) is 38.5 Å². The van der Waals surface area contributed by atoms with Gasteiger partial charge in [0.2, 0.25) is 0 Å². The van der Waals surface area contributed by atoms with E-state index in [-0.39, 0.29) is 13.2 Å². The van der Waals surface area contributed by atoms with Crippen molar-refractivity contribution >= 4 is 16.3 Å². The fraction of sp³-hybridized carbons (Fsp3) is 0.364. The second-order valence-corrected chi connectivity index (χ2v) is 5.37. The standard InChI is InChI=1S/C11H13NO5S/c1-16-11(13)10-8-17-18(14,15)12(10)7-9-5-3-2-4-6-9/h2-6,10H,7-8H2,1H3/t10-/m1/s1. The van der Waals surface area contributed by atoms with Gasteiger partial charge in [0.25, 0.3) is 0 Å². The van der Waals surface area contributed by atoms with Crippen LogP contribution in [0.5, 0.6) is 0 Å². The first-order valence-electron chi connectivity index (χ1n) is 5.32. The van der Waals surface area contributed by atoms with Gasteiger partial charge < -0.3 is 4.74 Å². The number of esters is 1. The first-order valence-corrected chi connectivity index (χ1v) is 6.69. The van der Waals surface area contributed by atoms with E-state index in [1.165, 1.54) is 7.11 Å². The van der Waals surface area contributed by atoms with Gasteiger partial charge in [0.15, 0.2) is 0 Å². The molecule has 0 amide bonds. The molecule has 1 fully saturated rings. The van der Waals surface area contributed by atoms with Crippen molar-refractivity contribution in [1.29, 1.82) is 0 Å². The zero-order chi connectivity index (χ0) is 13.2. The van der Waals surface area contributed by atoms with Crippen LogP contribution in [0.3, 0.4) is 0 Å². The summed E-state index contributed by atoms with van der Waals surface area (Å²) in [5, 5.41) is 0. The van der Waals surface area contributed by atoms with Gasteiger partial charge in [-0.25, -0.2) is 0 Å². The molecule has 0 bridgehead atoms. The summed E-state index contributed by atoms with van der Waals surface area (Å²) in [5.74, 6) is -0.619. The predicted molar refractivity (Wildman–Crippen MR) is 62.7 cm³/mol. The molecule has 18 heavy (non-hydrogen) atoms. The van der Waals surface area contributed by atoms with Crippen molar-refractivity contribution in [2.24, 2.45) is 0 Å². The topological polar surface area (TPSA) is 72.9 Å². The summed E-state index contributed by atoms with van der Waals surface area (Å²) in [5.41, 5.74) is 0.778. The summed E-state index contributed by atoms with van der Waals surface area (Å²) in [4.78, 5) is 11.5.